The van der Waals surface area contributed by atoms with Crippen LogP contribution in [0.15, 0.2) is 48.7 Å². The molecule has 0 spiro atoms. The Morgan fingerprint density at radius 3 is 2.39 bits per heavy atom. The summed E-state index contributed by atoms with van der Waals surface area (Å²) >= 11 is 0. The van der Waals surface area contributed by atoms with E-state index in [1.807, 2.05) is 25.1 Å². The number of nitrogens with one attached hydrogen (secondary N) is 1. The van der Waals surface area contributed by atoms with E-state index in [0.29, 0.717) is 49.7 Å². The van der Waals surface area contributed by atoms with Crippen LogP contribution in [0, 0.1) is 0 Å². The second-order valence-electron chi connectivity index (χ2n) is 6.51. The minimum atomic E-state index is -0.179. The third-order valence-electron chi connectivity index (χ3n) is 4.58. The highest BCUT2D eigenvalue weighted by atomic mass is 16.5. The van der Waals surface area contributed by atoms with Gasteiger partial charge in [-0.05, 0) is 44.0 Å². The van der Waals surface area contributed by atoms with Crippen LogP contribution in [-0.2, 0) is 4.79 Å². The summed E-state index contributed by atoms with van der Waals surface area (Å²) in [6.45, 7) is 3.57. The average Bonchev–Trinajstić information content (AvgIpc) is 2.74. The minimum Gasteiger partial charge on any atom is -0.490 e. The molecule has 0 saturated carbocycles. The molecule has 0 bridgehead atoms. The van der Waals surface area contributed by atoms with Crippen molar-refractivity contribution in [3.8, 4) is 11.5 Å². The van der Waals surface area contributed by atoms with Crippen molar-refractivity contribution >= 4 is 11.8 Å². The van der Waals surface area contributed by atoms with Crippen LogP contribution in [0.2, 0.25) is 0 Å². The first-order chi connectivity index (χ1) is 13.7. The molecular formula is C21H25N3O4. The molecule has 1 aliphatic heterocycles. The lowest BCUT2D eigenvalue weighted by molar-refractivity contribution is -0.134. The summed E-state index contributed by atoms with van der Waals surface area (Å²) < 4.78 is 11.2. The number of benzene rings is 1. The topological polar surface area (TPSA) is 80.8 Å². The van der Waals surface area contributed by atoms with Crippen molar-refractivity contribution in [3.05, 3.63) is 54.4 Å². The average molecular weight is 383 g/mol. The van der Waals surface area contributed by atoms with Gasteiger partial charge in [-0.25, -0.2) is 0 Å². The molecule has 148 valence electrons. The SMILES string of the molecule is CCOc1ccccc1OCC(=O)N1CCC(NC(=O)c2ccccn2)CC1. The second kappa shape index (κ2) is 9.73. The fraction of sp³-hybridized carbons (Fsp3) is 0.381. The fourth-order valence-electron chi connectivity index (χ4n) is 3.10. The van der Waals surface area contributed by atoms with Crippen LogP contribution >= 0.6 is 0 Å². The maximum Gasteiger partial charge on any atom is 0.270 e. The summed E-state index contributed by atoms with van der Waals surface area (Å²) in [6.07, 6.45) is 3.01. The van der Waals surface area contributed by atoms with Gasteiger partial charge in [0.1, 0.15) is 5.69 Å². The van der Waals surface area contributed by atoms with Gasteiger partial charge in [0.2, 0.25) is 0 Å². The Morgan fingerprint density at radius 1 is 1.07 bits per heavy atom. The second-order valence-corrected chi connectivity index (χ2v) is 6.51. The van der Waals surface area contributed by atoms with Gasteiger partial charge in [-0.3, -0.25) is 14.6 Å². The molecule has 7 heteroatoms. The standard InChI is InChI=1S/C21H25N3O4/c1-2-27-18-8-3-4-9-19(18)28-15-20(25)24-13-10-16(11-14-24)23-21(26)17-7-5-6-12-22-17/h3-9,12,16H,2,10-11,13-15H2,1H3,(H,23,26). The first-order valence-corrected chi connectivity index (χ1v) is 9.51. The van der Waals surface area contributed by atoms with Crippen molar-refractivity contribution in [2.75, 3.05) is 26.3 Å². The van der Waals surface area contributed by atoms with Crippen LogP contribution in [0.3, 0.4) is 0 Å². The molecule has 1 aliphatic rings. The molecule has 2 heterocycles. The van der Waals surface area contributed by atoms with E-state index in [1.165, 1.54) is 0 Å². The van der Waals surface area contributed by atoms with Crippen LogP contribution in [0.5, 0.6) is 11.5 Å². The molecular weight excluding hydrogens is 358 g/mol. The minimum absolute atomic E-state index is 0.0327. The predicted octanol–water partition coefficient (Wildman–Crippen LogP) is 2.28. The molecule has 0 radical (unpaired) electrons. The number of rotatable bonds is 7. The van der Waals surface area contributed by atoms with Gasteiger partial charge in [0, 0.05) is 25.3 Å². The Labute approximate surface area is 164 Å². The highest BCUT2D eigenvalue weighted by Crippen LogP contribution is 2.26. The van der Waals surface area contributed by atoms with E-state index < -0.39 is 0 Å². The fourth-order valence-corrected chi connectivity index (χ4v) is 3.10. The van der Waals surface area contributed by atoms with E-state index in [-0.39, 0.29) is 24.5 Å². The molecule has 1 saturated heterocycles. The number of pyridine rings is 1. The molecule has 1 aromatic heterocycles. The predicted molar refractivity (Wildman–Crippen MR) is 104 cm³/mol. The Balaban J connectivity index is 1.44. The van der Waals surface area contributed by atoms with Crippen molar-refractivity contribution in [1.82, 2.24) is 15.2 Å². The summed E-state index contributed by atoms with van der Waals surface area (Å²) in [4.78, 5) is 30.5. The maximum absolute atomic E-state index is 12.5. The van der Waals surface area contributed by atoms with Gasteiger partial charge < -0.3 is 19.7 Å². The highest BCUT2D eigenvalue weighted by Gasteiger charge is 2.24. The number of carbonyl (C=O) groups excluding carboxylic acids is 2. The molecule has 7 nitrogen and oxygen atoms in total. The zero-order valence-electron chi connectivity index (χ0n) is 16.0. The molecule has 0 unspecified atom stereocenters. The Bertz CT molecular complexity index is 789. The monoisotopic (exact) mass is 383 g/mol. The summed E-state index contributed by atoms with van der Waals surface area (Å²) in [5.74, 6) is 0.950. The van der Waals surface area contributed by atoms with Crippen molar-refractivity contribution in [3.63, 3.8) is 0 Å². The lowest BCUT2D eigenvalue weighted by Gasteiger charge is -2.32. The van der Waals surface area contributed by atoms with Crippen LogP contribution < -0.4 is 14.8 Å². The van der Waals surface area contributed by atoms with Gasteiger partial charge in [0.25, 0.3) is 11.8 Å². The van der Waals surface area contributed by atoms with Gasteiger partial charge in [-0.1, -0.05) is 18.2 Å². The number of carbonyl (C=O) groups is 2. The Morgan fingerprint density at radius 2 is 1.75 bits per heavy atom. The van der Waals surface area contributed by atoms with E-state index in [9.17, 15) is 9.59 Å². The van der Waals surface area contributed by atoms with E-state index in [1.54, 1.807) is 35.4 Å². The normalized spacial score (nSPS) is 14.4. The summed E-state index contributed by atoms with van der Waals surface area (Å²) in [7, 11) is 0. The Kier molecular flexibility index (Phi) is 6.84. The molecule has 2 amide bonds. The summed E-state index contributed by atoms with van der Waals surface area (Å²) in [5, 5.41) is 2.99. The van der Waals surface area contributed by atoms with E-state index >= 15 is 0 Å². The third-order valence-corrected chi connectivity index (χ3v) is 4.58. The summed E-state index contributed by atoms with van der Waals surface area (Å²) in [6, 6.07) is 12.6. The zero-order valence-corrected chi connectivity index (χ0v) is 16.0. The molecule has 1 N–H and O–H groups in total. The number of amides is 2. The first-order valence-electron chi connectivity index (χ1n) is 9.51. The maximum atomic E-state index is 12.5. The number of aromatic nitrogens is 1. The lowest BCUT2D eigenvalue weighted by atomic mass is 10.0. The van der Waals surface area contributed by atoms with E-state index in [0.717, 1.165) is 0 Å². The largest absolute Gasteiger partial charge is 0.490 e. The lowest BCUT2D eigenvalue weighted by Crippen LogP contribution is -2.47. The van der Waals surface area contributed by atoms with Gasteiger partial charge >= 0.3 is 0 Å². The smallest absolute Gasteiger partial charge is 0.270 e. The van der Waals surface area contributed by atoms with Crippen molar-refractivity contribution in [2.45, 2.75) is 25.8 Å². The zero-order chi connectivity index (χ0) is 19.8. The summed E-state index contributed by atoms with van der Waals surface area (Å²) in [5.41, 5.74) is 0.405. The van der Waals surface area contributed by atoms with Crippen molar-refractivity contribution in [1.29, 1.82) is 0 Å². The molecule has 3 rings (SSSR count). The number of piperidine rings is 1. The molecule has 0 atom stereocenters. The van der Waals surface area contributed by atoms with Crippen LogP contribution in [0.25, 0.3) is 0 Å². The van der Waals surface area contributed by atoms with Gasteiger partial charge in [0.15, 0.2) is 18.1 Å². The third kappa shape index (κ3) is 5.22. The van der Waals surface area contributed by atoms with Crippen LogP contribution in [0.4, 0.5) is 0 Å². The Hall–Kier alpha value is -3.09. The molecule has 28 heavy (non-hydrogen) atoms. The number of nitrogens with zero attached hydrogens (tertiary/aromatic N) is 2. The molecule has 2 aromatic rings. The highest BCUT2D eigenvalue weighted by molar-refractivity contribution is 5.92. The number of para-hydroxylation sites is 2. The van der Waals surface area contributed by atoms with Crippen molar-refractivity contribution < 1.29 is 19.1 Å². The number of ether oxygens (including phenoxy) is 2. The van der Waals surface area contributed by atoms with Gasteiger partial charge in [0.05, 0.1) is 6.61 Å². The van der Waals surface area contributed by atoms with Crippen LogP contribution in [0.1, 0.15) is 30.3 Å². The van der Waals surface area contributed by atoms with Crippen LogP contribution in [-0.4, -0.2) is 54.0 Å². The molecule has 1 aromatic carbocycles. The van der Waals surface area contributed by atoms with E-state index in [4.69, 9.17) is 9.47 Å². The number of likely N-dealkylation sites (tertiary alicyclic amines) is 1. The van der Waals surface area contributed by atoms with Crippen molar-refractivity contribution in [2.24, 2.45) is 0 Å². The molecule has 1 fully saturated rings. The van der Waals surface area contributed by atoms with Gasteiger partial charge in [-0.15, -0.1) is 0 Å². The van der Waals surface area contributed by atoms with Gasteiger partial charge in [-0.2, -0.15) is 0 Å². The number of hydrogen-bond donors (Lipinski definition) is 1. The quantitative estimate of drug-likeness (QED) is 0.793. The van der Waals surface area contributed by atoms with E-state index in [2.05, 4.69) is 10.3 Å². The first kappa shape index (κ1) is 19.7. The molecule has 0 aliphatic carbocycles. The number of hydrogen-bond acceptors (Lipinski definition) is 5.